The minimum absolute atomic E-state index is 0.484. The SMILES string of the molecule is CC([NH])Oc1ccccc1. The fourth-order valence-electron chi connectivity index (χ4n) is 0.703. The maximum atomic E-state index is 7.09. The number of hydrogen-bond acceptors (Lipinski definition) is 1. The van der Waals surface area contributed by atoms with E-state index in [1.54, 1.807) is 6.92 Å². The summed E-state index contributed by atoms with van der Waals surface area (Å²) in [7, 11) is 0. The monoisotopic (exact) mass is 136 g/mol. The number of hydrogen-bond donors (Lipinski definition) is 0. The fourth-order valence-corrected chi connectivity index (χ4v) is 0.703. The molecular weight excluding hydrogens is 126 g/mol. The number of rotatable bonds is 2. The molecule has 1 N–H and O–H groups in total. The van der Waals surface area contributed by atoms with Gasteiger partial charge in [-0.1, -0.05) is 18.2 Å². The highest BCUT2D eigenvalue weighted by atomic mass is 16.5. The first-order valence-corrected chi connectivity index (χ1v) is 3.22. The Kier molecular flexibility index (Phi) is 2.29. The molecule has 1 atom stereocenters. The first kappa shape index (κ1) is 7.09. The molecule has 0 spiro atoms. The zero-order chi connectivity index (χ0) is 7.40. The van der Waals surface area contributed by atoms with Crippen LogP contribution >= 0.6 is 0 Å². The normalized spacial score (nSPS) is 12.6. The van der Waals surface area contributed by atoms with Gasteiger partial charge in [0.15, 0.2) is 6.23 Å². The smallest absolute Gasteiger partial charge is 0.159 e. The third kappa shape index (κ3) is 2.07. The molecule has 1 rings (SSSR count). The second kappa shape index (κ2) is 3.22. The quantitative estimate of drug-likeness (QED) is 0.609. The molecule has 0 bridgehead atoms. The largest absolute Gasteiger partial charge is 0.474 e. The van der Waals surface area contributed by atoms with Gasteiger partial charge >= 0.3 is 0 Å². The maximum Gasteiger partial charge on any atom is 0.159 e. The van der Waals surface area contributed by atoms with Gasteiger partial charge in [0.25, 0.3) is 0 Å². The molecule has 10 heavy (non-hydrogen) atoms. The van der Waals surface area contributed by atoms with Crippen LogP contribution in [0.25, 0.3) is 0 Å². The van der Waals surface area contributed by atoms with Crippen LogP contribution in [0, 0.1) is 0 Å². The molecule has 53 valence electrons. The van der Waals surface area contributed by atoms with Crippen molar-refractivity contribution in [3.05, 3.63) is 30.3 Å². The Balaban J connectivity index is 2.59. The van der Waals surface area contributed by atoms with Gasteiger partial charge in [-0.2, -0.15) is 0 Å². The van der Waals surface area contributed by atoms with E-state index in [0.29, 0.717) is 0 Å². The van der Waals surface area contributed by atoms with Crippen LogP contribution in [0.2, 0.25) is 0 Å². The Morgan fingerprint density at radius 2 is 1.90 bits per heavy atom. The van der Waals surface area contributed by atoms with E-state index in [4.69, 9.17) is 10.5 Å². The van der Waals surface area contributed by atoms with Crippen molar-refractivity contribution in [2.45, 2.75) is 13.2 Å². The van der Waals surface area contributed by atoms with E-state index in [1.165, 1.54) is 0 Å². The number of benzene rings is 1. The van der Waals surface area contributed by atoms with E-state index in [2.05, 4.69) is 0 Å². The molecule has 0 aliphatic rings. The molecule has 0 amide bonds. The van der Waals surface area contributed by atoms with Gasteiger partial charge in [0.1, 0.15) is 5.75 Å². The number of nitrogens with one attached hydrogen (secondary N) is 1. The number of ether oxygens (including phenoxy) is 1. The molecule has 0 saturated carbocycles. The van der Waals surface area contributed by atoms with Crippen LogP contribution in [0.1, 0.15) is 6.92 Å². The molecule has 1 aromatic rings. The molecular formula is C8H10NO. The van der Waals surface area contributed by atoms with Crippen LogP contribution in [0.4, 0.5) is 0 Å². The Labute approximate surface area is 60.6 Å². The third-order valence-electron chi connectivity index (χ3n) is 1.06. The summed E-state index contributed by atoms with van der Waals surface area (Å²) >= 11 is 0. The first-order valence-electron chi connectivity index (χ1n) is 3.22. The minimum Gasteiger partial charge on any atom is -0.474 e. The van der Waals surface area contributed by atoms with Crippen LogP contribution in [-0.2, 0) is 0 Å². The average Bonchev–Trinajstić information content (AvgIpc) is 1.88. The molecule has 0 aromatic heterocycles. The van der Waals surface area contributed by atoms with E-state index in [-0.39, 0.29) is 0 Å². The molecule has 0 fully saturated rings. The zero-order valence-electron chi connectivity index (χ0n) is 5.87. The van der Waals surface area contributed by atoms with Gasteiger partial charge in [0.2, 0.25) is 0 Å². The molecule has 0 saturated heterocycles. The van der Waals surface area contributed by atoms with Crippen molar-refractivity contribution in [2.75, 3.05) is 0 Å². The van der Waals surface area contributed by atoms with Crippen molar-refractivity contribution in [3.8, 4) is 5.75 Å². The maximum absolute atomic E-state index is 7.09. The minimum atomic E-state index is -0.484. The summed E-state index contributed by atoms with van der Waals surface area (Å²) < 4.78 is 5.08. The molecule has 2 nitrogen and oxygen atoms in total. The van der Waals surface area contributed by atoms with E-state index >= 15 is 0 Å². The second-order valence-corrected chi connectivity index (χ2v) is 2.07. The highest BCUT2D eigenvalue weighted by Crippen LogP contribution is 2.08. The summed E-state index contributed by atoms with van der Waals surface area (Å²) in [6.45, 7) is 1.69. The van der Waals surface area contributed by atoms with Crippen LogP contribution in [-0.4, -0.2) is 6.23 Å². The van der Waals surface area contributed by atoms with Crippen LogP contribution in [0.3, 0.4) is 0 Å². The van der Waals surface area contributed by atoms with Gasteiger partial charge in [0, 0.05) is 0 Å². The summed E-state index contributed by atoms with van der Waals surface area (Å²) in [6.07, 6.45) is -0.484. The van der Waals surface area contributed by atoms with Gasteiger partial charge in [-0.3, -0.25) is 0 Å². The van der Waals surface area contributed by atoms with Crippen LogP contribution in [0.5, 0.6) is 5.75 Å². The van der Waals surface area contributed by atoms with E-state index in [0.717, 1.165) is 5.75 Å². The van der Waals surface area contributed by atoms with Crippen LogP contribution < -0.4 is 10.5 Å². The average molecular weight is 136 g/mol. The molecule has 1 radical (unpaired) electrons. The lowest BCUT2D eigenvalue weighted by Gasteiger charge is -2.06. The Morgan fingerprint density at radius 1 is 1.30 bits per heavy atom. The van der Waals surface area contributed by atoms with Crippen molar-refractivity contribution < 1.29 is 4.74 Å². The lowest BCUT2D eigenvalue weighted by atomic mass is 10.3. The molecule has 0 aliphatic carbocycles. The predicted molar refractivity (Wildman–Crippen MR) is 39.6 cm³/mol. The first-order chi connectivity index (χ1) is 4.79. The van der Waals surface area contributed by atoms with Crippen molar-refractivity contribution in [1.82, 2.24) is 5.73 Å². The third-order valence-corrected chi connectivity index (χ3v) is 1.06. The molecule has 0 heterocycles. The fraction of sp³-hybridized carbons (Fsp3) is 0.250. The summed E-state index contributed by atoms with van der Waals surface area (Å²) in [6, 6.07) is 9.37. The second-order valence-electron chi connectivity index (χ2n) is 2.07. The molecule has 1 unspecified atom stereocenters. The summed E-state index contributed by atoms with van der Waals surface area (Å²) in [5, 5.41) is 0. The summed E-state index contributed by atoms with van der Waals surface area (Å²) in [5.74, 6) is 0.755. The lowest BCUT2D eigenvalue weighted by molar-refractivity contribution is 0.222. The Morgan fingerprint density at radius 3 is 2.40 bits per heavy atom. The summed E-state index contributed by atoms with van der Waals surface area (Å²) in [5.41, 5.74) is 7.09. The molecule has 1 aromatic carbocycles. The van der Waals surface area contributed by atoms with Gasteiger partial charge in [0.05, 0.1) is 0 Å². The van der Waals surface area contributed by atoms with E-state index in [1.807, 2.05) is 30.3 Å². The van der Waals surface area contributed by atoms with Gasteiger partial charge in [-0.25, -0.2) is 5.73 Å². The topological polar surface area (TPSA) is 33.0 Å². The zero-order valence-corrected chi connectivity index (χ0v) is 5.87. The highest BCUT2D eigenvalue weighted by molar-refractivity contribution is 5.20. The van der Waals surface area contributed by atoms with Crippen molar-refractivity contribution in [1.29, 1.82) is 0 Å². The van der Waals surface area contributed by atoms with Gasteiger partial charge < -0.3 is 4.74 Å². The molecule has 0 aliphatic heterocycles. The Bertz CT molecular complexity index is 184. The van der Waals surface area contributed by atoms with Crippen molar-refractivity contribution in [3.63, 3.8) is 0 Å². The highest BCUT2D eigenvalue weighted by Gasteiger charge is 1.93. The molecule has 2 heteroatoms. The van der Waals surface area contributed by atoms with E-state index < -0.39 is 6.23 Å². The summed E-state index contributed by atoms with van der Waals surface area (Å²) in [4.78, 5) is 0. The predicted octanol–water partition coefficient (Wildman–Crippen LogP) is 1.69. The number of para-hydroxylation sites is 1. The Hall–Kier alpha value is -1.02. The van der Waals surface area contributed by atoms with E-state index in [9.17, 15) is 0 Å². The lowest BCUT2D eigenvalue weighted by Crippen LogP contribution is -2.11. The van der Waals surface area contributed by atoms with Crippen LogP contribution in [0.15, 0.2) is 30.3 Å². The van der Waals surface area contributed by atoms with Crippen molar-refractivity contribution >= 4 is 0 Å². The van der Waals surface area contributed by atoms with Gasteiger partial charge in [-0.05, 0) is 19.1 Å². The van der Waals surface area contributed by atoms with Crippen molar-refractivity contribution in [2.24, 2.45) is 0 Å². The van der Waals surface area contributed by atoms with Gasteiger partial charge in [-0.15, -0.1) is 0 Å². The standard InChI is InChI=1S/C8H10NO/c1-7(9)10-8-5-3-2-4-6-8/h2-7,9H,1H3.